The molecule has 0 amide bonds. The van der Waals surface area contributed by atoms with E-state index in [4.69, 9.17) is 5.73 Å². The fourth-order valence-corrected chi connectivity index (χ4v) is 3.22. The van der Waals surface area contributed by atoms with Crippen LogP contribution in [0.1, 0.15) is 37.3 Å². The number of nitrogens with two attached hydrogens (primary N) is 1. The van der Waals surface area contributed by atoms with Crippen molar-refractivity contribution in [2.45, 2.75) is 38.8 Å². The quantitative estimate of drug-likeness (QED) is 0.470. The monoisotopic (exact) mass is 413 g/mol. The Morgan fingerprint density at radius 2 is 2.00 bits per heavy atom. The summed E-state index contributed by atoms with van der Waals surface area (Å²) in [6, 6.07) is 1.58. The highest BCUT2D eigenvalue weighted by Gasteiger charge is 2.21. The molecule has 0 saturated carbocycles. The number of hydrogen-bond acceptors (Lipinski definition) is 10. The Morgan fingerprint density at radius 3 is 2.70 bits per heavy atom. The van der Waals surface area contributed by atoms with Gasteiger partial charge in [0.15, 0.2) is 11.6 Å². The van der Waals surface area contributed by atoms with E-state index in [0.717, 1.165) is 37.5 Å². The molecule has 0 aliphatic carbocycles. The fourth-order valence-electron chi connectivity index (χ4n) is 3.22. The topological polar surface area (TPSA) is 146 Å². The van der Waals surface area contributed by atoms with E-state index >= 15 is 0 Å². The molecule has 3 aromatic heterocycles. The van der Waals surface area contributed by atoms with Crippen LogP contribution in [0.5, 0.6) is 0 Å². The van der Waals surface area contributed by atoms with Crippen molar-refractivity contribution in [3.63, 3.8) is 0 Å². The van der Waals surface area contributed by atoms with Gasteiger partial charge in [-0.05, 0) is 26.7 Å². The number of H-pyrrole nitrogens is 1. The molecule has 0 radical (unpaired) electrons. The van der Waals surface area contributed by atoms with Crippen LogP contribution in [0.2, 0.25) is 0 Å². The van der Waals surface area contributed by atoms with Gasteiger partial charge in [0.05, 0.1) is 18.4 Å². The molecule has 158 valence electrons. The Kier molecular flexibility index (Phi) is 5.65. The molecule has 1 fully saturated rings. The fraction of sp³-hybridized carbons (Fsp3) is 0.444. The first kappa shape index (κ1) is 19.9. The first-order valence-electron chi connectivity index (χ1n) is 9.76. The van der Waals surface area contributed by atoms with Gasteiger partial charge in [0.2, 0.25) is 17.8 Å². The van der Waals surface area contributed by atoms with Gasteiger partial charge in [-0.3, -0.25) is 5.10 Å². The maximum atomic E-state index is 13.1. The second kappa shape index (κ2) is 8.53. The van der Waals surface area contributed by atoms with Crippen LogP contribution >= 0.6 is 0 Å². The lowest BCUT2D eigenvalue weighted by Crippen LogP contribution is -2.43. The van der Waals surface area contributed by atoms with E-state index in [9.17, 15) is 4.39 Å². The molecule has 1 aliphatic heterocycles. The lowest BCUT2D eigenvalue weighted by atomic mass is 10.1. The molecule has 4 rings (SSSR count). The maximum Gasteiger partial charge on any atom is 0.235 e. The largest absolute Gasteiger partial charge is 0.344 e. The minimum absolute atomic E-state index is 0.0730. The van der Waals surface area contributed by atoms with Crippen molar-refractivity contribution in [2.24, 2.45) is 5.73 Å². The van der Waals surface area contributed by atoms with Gasteiger partial charge in [-0.25, -0.2) is 14.4 Å². The number of halogens is 1. The van der Waals surface area contributed by atoms with E-state index in [1.807, 2.05) is 24.8 Å². The molecule has 0 unspecified atom stereocenters. The van der Waals surface area contributed by atoms with Gasteiger partial charge in [0.25, 0.3) is 0 Å². The molecule has 5 N–H and O–H groups in total. The normalized spacial score (nSPS) is 17.6. The number of nitrogens with zero attached hydrogens (tertiary/aromatic N) is 7. The van der Waals surface area contributed by atoms with Crippen molar-refractivity contribution in [1.82, 2.24) is 35.1 Å². The molecule has 0 aromatic carbocycles. The van der Waals surface area contributed by atoms with E-state index in [0.29, 0.717) is 36.0 Å². The number of rotatable bonds is 6. The van der Waals surface area contributed by atoms with Crippen molar-refractivity contribution < 1.29 is 4.39 Å². The lowest BCUT2D eigenvalue weighted by molar-refractivity contribution is 0.499. The Morgan fingerprint density at radius 1 is 1.23 bits per heavy atom. The third kappa shape index (κ3) is 4.76. The first-order chi connectivity index (χ1) is 14.5. The van der Waals surface area contributed by atoms with Crippen LogP contribution in [0.3, 0.4) is 0 Å². The second-order valence-corrected chi connectivity index (χ2v) is 7.32. The van der Waals surface area contributed by atoms with Crippen LogP contribution in [0.4, 0.5) is 28.1 Å². The Labute approximate surface area is 172 Å². The Balaban J connectivity index is 1.61. The summed E-state index contributed by atoms with van der Waals surface area (Å²) in [5, 5.41) is 13.3. The van der Waals surface area contributed by atoms with Crippen LogP contribution in [0, 0.1) is 12.7 Å². The molecular weight excluding hydrogens is 389 g/mol. The van der Waals surface area contributed by atoms with Crippen LogP contribution in [-0.4, -0.2) is 54.2 Å². The molecular formula is C18H24FN11. The number of aromatic nitrogens is 7. The van der Waals surface area contributed by atoms with E-state index < -0.39 is 5.82 Å². The molecule has 1 saturated heterocycles. The molecule has 11 nitrogen and oxygen atoms in total. The number of piperidine rings is 1. The summed E-state index contributed by atoms with van der Waals surface area (Å²) < 4.78 is 13.1. The smallest absolute Gasteiger partial charge is 0.235 e. The first-order valence-corrected chi connectivity index (χ1v) is 9.76. The SMILES string of the molecule is Cc1cc(Nc2nc(N[C@@H](C)c3ncc(F)cn3)nc(N3CCC[C@H](N)C3)n2)n[nH]1. The van der Waals surface area contributed by atoms with Gasteiger partial charge in [0, 0.05) is 30.9 Å². The van der Waals surface area contributed by atoms with Crippen molar-refractivity contribution in [3.05, 3.63) is 35.8 Å². The van der Waals surface area contributed by atoms with Crippen LogP contribution in [0.15, 0.2) is 18.5 Å². The summed E-state index contributed by atoms with van der Waals surface area (Å²) in [4.78, 5) is 23.6. The highest BCUT2D eigenvalue weighted by molar-refractivity contribution is 5.52. The zero-order valence-corrected chi connectivity index (χ0v) is 16.8. The molecule has 4 heterocycles. The number of aromatic amines is 1. The summed E-state index contributed by atoms with van der Waals surface area (Å²) in [6.07, 6.45) is 4.20. The summed E-state index contributed by atoms with van der Waals surface area (Å²) in [5.74, 6) is 1.74. The van der Waals surface area contributed by atoms with Gasteiger partial charge >= 0.3 is 0 Å². The second-order valence-electron chi connectivity index (χ2n) is 7.32. The lowest BCUT2D eigenvalue weighted by Gasteiger charge is -2.31. The van der Waals surface area contributed by atoms with Crippen molar-refractivity contribution in [3.8, 4) is 0 Å². The van der Waals surface area contributed by atoms with Crippen LogP contribution in [-0.2, 0) is 0 Å². The average Bonchev–Trinajstić information content (AvgIpc) is 3.13. The van der Waals surface area contributed by atoms with Crippen LogP contribution < -0.4 is 21.3 Å². The Bertz CT molecular complexity index is 990. The standard InChI is InChI=1S/C18H24FN11/c1-10-6-14(29-28-10)24-17-25-16(23-11(2)15-21-7-12(19)8-22-15)26-18(27-17)30-5-3-4-13(20)9-30/h6-8,11,13H,3-5,9,20H2,1-2H3,(H3,23,24,25,26,27,28,29)/t11-,13-/m0/s1. The predicted molar refractivity (Wildman–Crippen MR) is 110 cm³/mol. The summed E-state index contributed by atoms with van der Waals surface area (Å²) in [5.41, 5.74) is 7.04. The number of anilines is 4. The van der Waals surface area contributed by atoms with E-state index in [-0.39, 0.29) is 12.1 Å². The van der Waals surface area contributed by atoms with Crippen molar-refractivity contribution in [1.29, 1.82) is 0 Å². The highest BCUT2D eigenvalue weighted by Crippen LogP contribution is 2.22. The zero-order valence-electron chi connectivity index (χ0n) is 16.8. The van der Waals surface area contributed by atoms with Crippen molar-refractivity contribution >= 4 is 23.7 Å². The van der Waals surface area contributed by atoms with E-state index in [1.165, 1.54) is 0 Å². The summed E-state index contributed by atoms with van der Waals surface area (Å²) >= 11 is 0. The minimum Gasteiger partial charge on any atom is -0.344 e. The van der Waals surface area contributed by atoms with Gasteiger partial charge in [-0.2, -0.15) is 20.1 Å². The third-order valence-corrected chi connectivity index (χ3v) is 4.68. The van der Waals surface area contributed by atoms with Crippen LogP contribution in [0.25, 0.3) is 0 Å². The van der Waals surface area contributed by atoms with E-state index in [2.05, 4.69) is 45.8 Å². The minimum atomic E-state index is -0.490. The molecule has 2 atom stereocenters. The average molecular weight is 413 g/mol. The van der Waals surface area contributed by atoms with Crippen molar-refractivity contribution in [2.75, 3.05) is 28.6 Å². The van der Waals surface area contributed by atoms with Gasteiger partial charge in [-0.15, -0.1) is 0 Å². The Hall–Kier alpha value is -3.41. The molecule has 30 heavy (non-hydrogen) atoms. The molecule has 3 aromatic rings. The van der Waals surface area contributed by atoms with E-state index in [1.54, 1.807) is 0 Å². The maximum absolute atomic E-state index is 13.1. The van der Waals surface area contributed by atoms with Gasteiger partial charge < -0.3 is 21.3 Å². The predicted octanol–water partition coefficient (Wildman–Crippen LogP) is 1.68. The zero-order chi connectivity index (χ0) is 21.1. The number of hydrogen-bond donors (Lipinski definition) is 4. The van der Waals surface area contributed by atoms with Gasteiger partial charge in [-0.1, -0.05) is 0 Å². The third-order valence-electron chi connectivity index (χ3n) is 4.68. The highest BCUT2D eigenvalue weighted by atomic mass is 19.1. The molecule has 12 heteroatoms. The molecule has 0 bridgehead atoms. The summed E-state index contributed by atoms with van der Waals surface area (Å²) in [7, 11) is 0. The number of aryl methyl sites for hydroxylation is 1. The molecule has 1 aliphatic rings. The molecule has 0 spiro atoms. The van der Waals surface area contributed by atoms with Gasteiger partial charge in [0.1, 0.15) is 5.82 Å². The number of nitrogens with one attached hydrogen (secondary N) is 3. The summed E-state index contributed by atoms with van der Waals surface area (Å²) in [6.45, 7) is 5.23.